The molecule has 0 spiro atoms. The van der Waals surface area contributed by atoms with Gasteiger partial charge in [-0.05, 0) is 65.2 Å². The molecule has 1 nitrogen and oxygen atoms in total. The molecule has 0 aromatic heterocycles. The Labute approximate surface area is 132 Å². The predicted octanol–water partition coefficient (Wildman–Crippen LogP) is 5.65. The Morgan fingerprint density at radius 1 is 1.05 bits per heavy atom. The molecule has 0 saturated carbocycles. The predicted molar refractivity (Wildman–Crippen MR) is 85.5 cm³/mol. The summed E-state index contributed by atoms with van der Waals surface area (Å²) in [5, 5.41) is 4.21. The summed E-state index contributed by atoms with van der Waals surface area (Å²) in [5.74, 6) is -0.246. The summed E-state index contributed by atoms with van der Waals surface area (Å²) < 4.78 is 13.7. The number of benzene rings is 2. The third kappa shape index (κ3) is 3.81. The number of nitrogens with one attached hydrogen (secondary N) is 1. The van der Waals surface area contributed by atoms with E-state index >= 15 is 0 Å². The Morgan fingerprint density at radius 3 is 2.30 bits per heavy atom. The second-order valence-electron chi connectivity index (χ2n) is 4.84. The van der Waals surface area contributed by atoms with Crippen LogP contribution in [-0.4, -0.2) is 0 Å². The smallest absolute Gasteiger partial charge is 0.137 e. The quantitative estimate of drug-likeness (QED) is 0.746. The molecule has 106 valence electrons. The maximum Gasteiger partial charge on any atom is 0.137 e. The first-order valence-corrected chi connectivity index (χ1v) is 7.61. The molecule has 0 amide bonds. The lowest BCUT2D eigenvalue weighted by molar-refractivity contribution is 0.493. The van der Waals surface area contributed by atoms with Crippen LogP contribution in [0.4, 0.5) is 4.39 Å². The molecule has 0 heterocycles. The first-order chi connectivity index (χ1) is 9.47. The molecular weight excluding hydrogens is 341 g/mol. The van der Waals surface area contributed by atoms with E-state index in [9.17, 15) is 4.39 Å². The van der Waals surface area contributed by atoms with Gasteiger partial charge in [0.25, 0.3) is 0 Å². The minimum Gasteiger partial charge on any atom is -0.304 e. The SMILES string of the molecule is CC(N[C@@H](C)c1cccc(Cl)c1)c1ccc(F)c(Br)c1. The molecule has 0 radical (unpaired) electrons. The summed E-state index contributed by atoms with van der Waals surface area (Å²) in [5.41, 5.74) is 2.16. The molecule has 1 N–H and O–H groups in total. The Morgan fingerprint density at radius 2 is 1.70 bits per heavy atom. The van der Waals surface area contributed by atoms with Crippen molar-refractivity contribution < 1.29 is 4.39 Å². The molecule has 0 aliphatic heterocycles. The van der Waals surface area contributed by atoms with E-state index in [1.165, 1.54) is 6.07 Å². The molecule has 2 atom stereocenters. The minimum absolute atomic E-state index is 0.112. The van der Waals surface area contributed by atoms with Gasteiger partial charge in [-0.2, -0.15) is 0 Å². The van der Waals surface area contributed by atoms with Crippen LogP contribution < -0.4 is 5.32 Å². The zero-order chi connectivity index (χ0) is 14.7. The van der Waals surface area contributed by atoms with Crippen LogP contribution in [0.1, 0.15) is 37.1 Å². The highest BCUT2D eigenvalue weighted by atomic mass is 79.9. The normalized spacial score (nSPS) is 14.1. The molecular formula is C16H16BrClFN. The molecule has 2 aromatic carbocycles. The lowest BCUT2D eigenvalue weighted by Gasteiger charge is -2.21. The highest BCUT2D eigenvalue weighted by Crippen LogP contribution is 2.24. The van der Waals surface area contributed by atoms with Crippen LogP contribution >= 0.6 is 27.5 Å². The van der Waals surface area contributed by atoms with Crippen molar-refractivity contribution in [2.45, 2.75) is 25.9 Å². The van der Waals surface area contributed by atoms with Crippen molar-refractivity contribution in [3.05, 3.63) is 68.9 Å². The van der Waals surface area contributed by atoms with Gasteiger partial charge in [0.05, 0.1) is 4.47 Å². The fourth-order valence-electron chi connectivity index (χ4n) is 2.13. The molecule has 0 aliphatic rings. The molecule has 1 unspecified atom stereocenters. The van der Waals surface area contributed by atoms with Crippen LogP contribution in [0, 0.1) is 5.82 Å². The third-order valence-corrected chi connectivity index (χ3v) is 4.14. The van der Waals surface area contributed by atoms with Gasteiger partial charge in [-0.15, -0.1) is 0 Å². The monoisotopic (exact) mass is 355 g/mol. The topological polar surface area (TPSA) is 12.0 Å². The molecule has 0 fully saturated rings. The Bertz CT molecular complexity index is 603. The van der Waals surface area contributed by atoms with Crippen molar-refractivity contribution in [1.29, 1.82) is 0 Å². The van der Waals surface area contributed by atoms with Crippen molar-refractivity contribution >= 4 is 27.5 Å². The van der Waals surface area contributed by atoms with Crippen molar-refractivity contribution in [3.8, 4) is 0 Å². The standard InChI is InChI=1S/C16H16BrClFN/c1-10(12-4-3-5-14(18)8-12)20-11(2)13-6-7-16(19)15(17)9-13/h3-11,20H,1-2H3/t10-,11?/m0/s1. The largest absolute Gasteiger partial charge is 0.304 e. The Kier molecular flexibility index (Phi) is 5.19. The van der Waals surface area contributed by atoms with E-state index in [0.717, 1.165) is 16.1 Å². The van der Waals surface area contributed by atoms with E-state index < -0.39 is 0 Å². The second-order valence-corrected chi connectivity index (χ2v) is 6.13. The lowest BCUT2D eigenvalue weighted by atomic mass is 10.0. The first-order valence-electron chi connectivity index (χ1n) is 6.44. The summed E-state index contributed by atoms with van der Waals surface area (Å²) in [4.78, 5) is 0. The molecule has 0 aliphatic carbocycles. The van der Waals surface area contributed by atoms with Crippen LogP contribution in [-0.2, 0) is 0 Å². The van der Waals surface area contributed by atoms with Gasteiger partial charge in [-0.1, -0.05) is 29.8 Å². The van der Waals surface area contributed by atoms with Gasteiger partial charge < -0.3 is 5.32 Å². The van der Waals surface area contributed by atoms with E-state index in [-0.39, 0.29) is 17.9 Å². The van der Waals surface area contributed by atoms with Gasteiger partial charge in [0.1, 0.15) is 5.82 Å². The number of hydrogen-bond acceptors (Lipinski definition) is 1. The van der Waals surface area contributed by atoms with E-state index in [1.807, 2.05) is 24.3 Å². The van der Waals surface area contributed by atoms with Crippen molar-refractivity contribution in [1.82, 2.24) is 5.32 Å². The van der Waals surface area contributed by atoms with E-state index in [2.05, 4.69) is 35.1 Å². The molecule has 20 heavy (non-hydrogen) atoms. The number of hydrogen-bond donors (Lipinski definition) is 1. The van der Waals surface area contributed by atoms with Gasteiger partial charge in [0, 0.05) is 17.1 Å². The Balaban J connectivity index is 2.10. The van der Waals surface area contributed by atoms with E-state index in [0.29, 0.717) is 4.47 Å². The summed E-state index contributed by atoms with van der Waals surface area (Å²) in [6.07, 6.45) is 0. The fraction of sp³-hybridized carbons (Fsp3) is 0.250. The number of rotatable bonds is 4. The van der Waals surface area contributed by atoms with Crippen molar-refractivity contribution in [3.63, 3.8) is 0 Å². The minimum atomic E-state index is -0.246. The number of halogens is 3. The summed E-state index contributed by atoms with van der Waals surface area (Å²) in [7, 11) is 0. The van der Waals surface area contributed by atoms with Crippen molar-refractivity contribution in [2.24, 2.45) is 0 Å². The Hall–Kier alpha value is -0.900. The van der Waals surface area contributed by atoms with Gasteiger partial charge >= 0.3 is 0 Å². The molecule has 2 aromatic rings. The summed E-state index contributed by atoms with van der Waals surface area (Å²) >= 11 is 9.22. The zero-order valence-corrected chi connectivity index (χ0v) is 13.7. The average Bonchev–Trinajstić information content (AvgIpc) is 2.41. The molecule has 0 bridgehead atoms. The van der Waals surface area contributed by atoms with Gasteiger partial charge in [-0.3, -0.25) is 0 Å². The highest BCUT2D eigenvalue weighted by Gasteiger charge is 2.12. The van der Waals surface area contributed by atoms with Crippen LogP contribution in [0.15, 0.2) is 46.9 Å². The van der Waals surface area contributed by atoms with Crippen LogP contribution in [0.5, 0.6) is 0 Å². The van der Waals surface area contributed by atoms with Gasteiger partial charge in [-0.25, -0.2) is 4.39 Å². The second kappa shape index (κ2) is 6.70. The lowest BCUT2D eigenvalue weighted by Crippen LogP contribution is -2.22. The maximum atomic E-state index is 13.3. The van der Waals surface area contributed by atoms with Gasteiger partial charge in [0.2, 0.25) is 0 Å². The highest BCUT2D eigenvalue weighted by molar-refractivity contribution is 9.10. The van der Waals surface area contributed by atoms with Crippen LogP contribution in [0.25, 0.3) is 0 Å². The van der Waals surface area contributed by atoms with E-state index in [4.69, 9.17) is 11.6 Å². The maximum absolute atomic E-state index is 13.3. The summed E-state index contributed by atoms with van der Waals surface area (Å²) in [6, 6.07) is 13.1. The molecule has 2 rings (SSSR count). The summed E-state index contributed by atoms with van der Waals surface area (Å²) in [6.45, 7) is 4.14. The van der Waals surface area contributed by atoms with Crippen molar-refractivity contribution in [2.75, 3.05) is 0 Å². The molecule has 4 heteroatoms. The zero-order valence-electron chi connectivity index (χ0n) is 11.3. The van der Waals surface area contributed by atoms with Gasteiger partial charge in [0.15, 0.2) is 0 Å². The third-order valence-electron chi connectivity index (χ3n) is 3.29. The fourth-order valence-corrected chi connectivity index (χ4v) is 2.72. The van der Waals surface area contributed by atoms with Crippen LogP contribution in [0.3, 0.4) is 0 Å². The molecule has 0 saturated heterocycles. The van der Waals surface area contributed by atoms with E-state index in [1.54, 1.807) is 12.1 Å². The first kappa shape index (κ1) is 15.5. The van der Waals surface area contributed by atoms with Crippen LogP contribution in [0.2, 0.25) is 5.02 Å². The average molecular weight is 357 g/mol.